The lowest BCUT2D eigenvalue weighted by Gasteiger charge is -2.02. The lowest BCUT2D eigenvalue weighted by Crippen LogP contribution is -2.34. The first-order chi connectivity index (χ1) is 7.72. The number of aryl methyl sites for hydroxylation is 1. The van der Waals surface area contributed by atoms with Crippen molar-refractivity contribution < 1.29 is 4.79 Å². The second kappa shape index (κ2) is 6.93. The molecule has 1 aromatic heterocycles. The van der Waals surface area contributed by atoms with Gasteiger partial charge in [-0.25, -0.2) is 4.98 Å². The van der Waals surface area contributed by atoms with E-state index in [1.165, 1.54) is 0 Å². The number of nitriles is 1. The molecule has 0 radical (unpaired) electrons. The van der Waals surface area contributed by atoms with Gasteiger partial charge in [0, 0.05) is 18.3 Å². The monoisotopic (exact) mass is 238 g/mol. The summed E-state index contributed by atoms with van der Waals surface area (Å²) < 4.78 is 0. The number of nitrogens with zero attached hydrogens (tertiary/aromatic N) is 2. The van der Waals surface area contributed by atoms with Crippen LogP contribution in [0.3, 0.4) is 0 Å². The van der Waals surface area contributed by atoms with E-state index in [0.717, 1.165) is 17.1 Å². The van der Waals surface area contributed by atoms with Crippen molar-refractivity contribution in [2.24, 2.45) is 0 Å². The van der Waals surface area contributed by atoms with Gasteiger partial charge in [0.2, 0.25) is 5.91 Å². The standard InChI is InChI=1S/C10H14N4OS/c1-8-14-9(7-16-8)2-4-12-6-10(15)13-5-3-11/h7,12H,2,4-6H2,1H3,(H,13,15). The highest BCUT2D eigenvalue weighted by atomic mass is 32.1. The van der Waals surface area contributed by atoms with Crippen molar-refractivity contribution in [2.45, 2.75) is 13.3 Å². The zero-order chi connectivity index (χ0) is 11.8. The third-order valence-corrected chi connectivity index (χ3v) is 2.70. The van der Waals surface area contributed by atoms with E-state index in [1.807, 2.05) is 18.4 Å². The third-order valence-electron chi connectivity index (χ3n) is 1.87. The molecule has 0 bridgehead atoms. The molecular weight excluding hydrogens is 224 g/mol. The fourth-order valence-electron chi connectivity index (χ4n) is 1.14. The first-order valence-corrected chi connectivity index (χ1v) is 5.85. The van der Waals surface area contributed by atoms with E-state index >= 15 is 0 Å². The maximum absolute atomic E-state index is 11.1. The van der Waals surface area contributed by atoms with Gasteiger partial charge in [0.05, 0.1) is 23.3 Å². The molecule has 0 unspecified atom stereocenters. The molecule has 2 N–H and O–H groups in total. The largest absolute Gasteiger partial charge is 0.342 e. The van der Waals surface area contributed by atoms with Gasteiger partial charge in [-0.1, -0.05) is 0 Å². The number of carbonyl (C=O) groups excluding carboxylic acids is 1. The van der Waals surface area contributed by atoms with Gasteiger partial charge >= 0.3 is 0 Å². The predicted molar refractivity (Wildman–Crippen MR) is 62.0 cm³/mol. The molecule has 1 heterocycles. The smallest absolute Gasteiger partial charge is 0.234 e. The highest BCUT2D eigenvalue weighted by Crippen LogP contribution is 2.07. The van der Waals surface area contributed by atoms with E-state index in [1.54, 1.807) is 11.3 Å². The fourth-order valence-corrected chi connectivity index (χ4v) is 1.79. The van der Waals surface area contributed by atoms with E-state index in [0.29, 0.717) is 6.54 Å². The summed E-state index contributed by atoms with van der Waals surface area (Å²) in [5.41, 5.74) is 1.05. The van der Waals surface area contributed by atoms with Gasteiger partial charge in [-0.05, 0) is 6.92 Å². The van der Waals surface area contributed by atoms with E-state index in [-0.39, 0.29) is 19.0 Å². The predicted octanol–water partition coefficient (Wildman–Crippen LogP) is 0.223. The molecule has 1 amide bonds. The molecular formula is C10H14N4OS. The van der Waals surface area contributed by atoms with Gasteiger partial charge < -0.3 is 10.6 Å². The van der Waals surface area contributed by atoms with Gasteiger partial charge in [-0.15, -0.1) is 11.3 Å². The molecule has 0 fully saturated rings. The number of hydrogen-bond acceptors (Lipinski definition) is 5. The molecule has 0 aliphatic carbocycles. The summed E-state index contributed by atoms with van der Waals surface area (Å²) in [5.74, 6) is -0.156. The van der Waals surface area contributed by atoms with Gasteiger partial charge in [-0.3, -0.25) is 4.79 Å². The molecule has 1 aromatic rings. The number of amides is 1. The maximum Gasteiger partial charge on any atom is 0.234 e. The average molecular weight is 238 g/mol. The van der Waals surface area contributed by atoms with Crippen molar-refractivity contribution >= 4 is 17.2 Å². The van der Waals surface area contributed by atoms with Crippen LogP contribution in [0.2, 0.25) is 0 Å². The van der Waals surface area contributed by atoms with Crippen molar-refractivity contribution in [1.29, 1.82) is 5.26 Å². The summed E-state index contributed by atoms with van der Waals surface area (Å²) >= 11 is 1.63. The molecule has 0 aliphatic rings. The molecule has 1 rings (SSSR count). The average Bonchev–Trinajstić information content (AvgIpc) is 2.67. The van der Waals surface area contributed by atoms with Crippen LogP contribution in [-0.2, 0) is 11.2 Å². The van der Waals surface area contributed by atoms with Crippen molar-refractivity contribution in [3.05, 3.63) is 16.1 Å². The minimum absolute atomic E-state index is 0.0613. The van der Waals surface area contributed by atoms with Crippen LogP contribution < -0.4 is 10.6 Å². The molecule has 0 aromatic carbocycles. The molecule has 0 atom stereocenters. The Morgan fingerprint density at radius 3 is 3.12 bits per heavy atom. The molecule has 0 saturated carbocycles. The van der Waals surface area contributed by atoms with E-state index in [4.69, 9.17) is 5.26 Å². The van der Waals surface area contributed by atoms with Crippen LogP contribution in [0, 0.1) is 18.3 Å². The Hall–Kier alpha value is -1.45. The second-order valence-corrected chi connectivity index (χ2v) is 4.28. The second-order valence-electron chi connectivity index (χ2n) is 3.22. The highest BCUT2D eigenvalue weighted by Gasteiger charge is 2.00. The van der Waals surface area contributed by atoms with Crippen LogP contribution in [-0.4, -0.2) is 30.5 Å². The lowest BCUT2D eigenvalue weighted by molar-refractivity contribution is -0.120. The topological polar surface area (TPSA) is 77.8 Å². The number of aromatic nitrogens is 1. The Kier molecular flexibility index (Phi) is 5.46. The van der Waals surface area contributed by atoms with E-state index < -0.39 is 0 Å². The molecule has 5 nitrogen and oxygen atoms in total. The number of carbonyl (C=O) groups is 1. The molecule has 6 heteroatoms. The zero-order valence-corrected chi connectivity index (χ0v) is 9.93. The zero-order valence-electron chi connectivity index (χ0n) is 9.12. The van der Waals surface area contributed by atoms with Crippen molar-refractivity contribution in [2.75, 3.05) is 19.6 Å². The van der Waals surface area contributed by atoms with Crippen LogP contribution in [0.25, 0.3) is 0 Å². The highest BCUT2D eigenvalue weighted by molar-refractivity contribution is 7.09. The molecule has 16 heavy (non-hydrogen) atoms. The number of thiazole rings is 1. The Balaban J connectivity index is 2.08. The quantitative estimate of drug-likeness (QED) is 0.549. The normalized spacial score (nSPS) is 9.75. The SMILES string of the molecule is Cc1nc(CCNCC(=O)NCC#N)cs1. The lowest BCUT2D eigenvalue weighted by atomic mass is 10.3. The van der Waals surface area contributed by atoms with Crippen molar-refractivity contribution in [1.82, 2.24) is 15.6 Å². The molecule has 0 saturated heterocycles. The summed E-state index contributed by atoms with van der Waals surface area (Å²) in [5, 5.41) is 16.8. The minimum Gasteiger partial charge on any atom is -0.342 e. The minimum atomic E-state index is -0.156. The van der Waals surface area contributed by atoms with Gasteiger partial charge in [0.1, 0.15) is 6.54 Å². The van der Waals surface area contributed by atoms with Crippen molar-refractivity contribution in [3.63, 3.8) is 0 Å². The van der Waals surface area contributed by atoms with Gasteiger partial charge in [0.25, 0.3) is 0 Å². The first kappa shape index (κ1) is 12.6. The summed E-state index contributed by atoms with van der Waals surface area (Å²) in [4.78, 5) is 15.4. The summed E-state index contributed by atoms with van der Waals surface area (Å²) in [6.45, 7) is 2.98. The van der Waals surface area contributed by atoms with E-state index in [9.17, 15) is 4.79 Å². The summed E-state index contributed by atoms with van der Waals surface area (Å²) in [6.07, 6.45) is 0.815. The summed E-state index contributed by atoms with van der Waals surface area (Å²) in [6, 6.07) is 1.85. The Morgan fingerprint density at radius 1 is 1.69 bits per heavy atom. The number of nitrogens with one attached hydrogen (secondary N) is 2. The van der Waals surface area contributed by atoms with E-state index in [2.05, 4.69) is 15.6 Å². The van der Waals surface area contributed by atoms with Crippen LogP contribution in [0.1, 0.15) is 10.7 Å². The molecule has 0 aliphatic heterocycles. The molecule has 0 spiro atoms. The van der Waals surface area contributed by atoms with Crippen LogP contribution in [0.15, 0.2) is 5.38 Å². The van der Waals surface area contributed by atoms with Crippen LogP contribution in [0.4, 0.5) is 0 Å². The van der Waals surface area contributed by atoms with Gasteiger partial charge in [-0.2, -0.15) is 5.26 Å². The Bertz CT molecular complexity index is 382. The number of rotatable bonds is 6. The Morgan fingerprint density at radius 2 is 2.50 bits per heavy atom. The Labute approximate surface area is 98.5 Å². The summed E-state index contributed by atoms with van der Waals surface area (Å²) in [7, 11) is 0. The fraction of sp³-hybridized carbons (Fsp3) is 0.500. The van der Waals surface area contributed by atoms with Crippen molar-refractivity contribution in [3.8, 4) is 6.07 Å². The van der Waals surface area contributed by atoms with Gasteiger partial charge in [0.15, 0.2) is 0 Å². The van der Waals surface area contributed by atoms with Crippen LogP contribution >= 0.6 is 11.3 Å². The first-order valence-electron chi connectivity index (χ1n) is 4.97. The molecule has 86 valence electrons. The number of hydrogen-bond donors (Lipinski definition) is 2. The third kappa shape index (κ3) is 4.87. The van der Waals surface area contributed by atoms with Crippen LogP contribution in [0.5, 0.6) is 0 Å². The maximum atomic E-state index is 11.1.